The third kappa shape index (κ3) is 4.87. The highest BCUT2D eigenvalue weighted by Crippen LogP contribution is 2.47. The van der Waals surface area contributed by atoms with Crippen molar-refractivity contribution in [3.8, 4) is 6.07 Å². The number of benzene rings is 1. The lowest BCUT2D eigenvalue weighted by molar-refractivity contribution is -0.116. The molecule has 0 saturated heterocycles. The number of rotatable bonds is 6. The number of Topliss-reactive ketones (excluding diaryl/α,β-unsaturated/α-hetero) is 1. The van der Waals surface area contributed by atoms with Crippen molar-refractivity contribution in [1.29, 1.82) is 5.26 Å². The number of nitrogens with one attached hydrogen (secondary N) is 1. The Kier molecular flexibility index (Phi) is 6.82. The van der Waals surface area contributed by atoms with Crippen molar-refractivity contribution in [1.82, 2.24) is 10.2 Å². The highest BCUT2D eigenvalue weighted by atomic mass is 32.2. The Balaban J connectivity index is 1.40. The molecule has 0 bridgehead atoms. The summed E-state index contributed by atoms with van der Waals surface area (Å²) in [5.41, 5.74) is 8.40. The normalized spacial score (nSPS) is 17.6. The van der Waals surface area contributed by atoms with Crippen molar-refractivity contribution < 1.29 is 18.4 Å². The molecule has 188 valence electrons. The lowest BCUT2D eigenvalue weighted by Gasteiger charge is -2.37. The topological polar surface area (TPSA) is 138 Å². The van der Waals surface area contributed by atoms with Gasteiger partial charge in [0.1, 0.15) is 23.2 Å². The van der Waals surface area contributed by atoms with E-state index >= 15 is 0 Å². The van der Waals surface area contributed by atoms with Crippen LogP contribution in [0.5, 0.6) is 0 Å². The van der Waals surface area contributed by atoms with Gasteiger partial charge in [-0.05, 0) is 56.2 Å². The van der Waals surface area contributed by atoms with E-state index in [2.05, 4.69) is 21.6 Å². The van der Waals surface area contributed by atoms with Crippen LogP contribution in [0.15, 0.2) is 67.8 Å². The van der Waals surface area contributed by atoms with Crippen molar-refractivity contribution >= 4 is 45.6 Å². The molecule has 0 fully saturated rings. The third-order valence-corrected chi connectivity index (χ3v) is 8.04. The molecule has 1 amide bonds. The number of aryl methyl sites for hydroxylation is 1. The Morgan fingerprint density at radius 3 is 2.78 bits per heavy atom. The van der Waals surface area contributed by atoms with Gasteiger partial charge in [-0.15, -0.1) is 10.2 Å². The molecule has 2 aromatic heterocycles. The maximum absolute atomic E-state index is 13.1. The maximum Gasteiger partial charge on any atom is 0.234 e. The van der Waals surface area contributed by atoms with Crippen LogP contribution in [0.4, 0.5) is 15.2 Å². The first-order chi connectivity index (χ1) is 17.9. The lowest BCUT2D eigenvalue weighted by Crippen LogP contribution is -2.38. The summed E-state index contributed by atoms with van der Waals surface area (Å²) in [7, 11) is 0. The van der Waals surface area contributed by atoms with E-state index in [0.29, 0.717) is 57.2 Å². The average Bonchev–Trinajstić information content (AvgIpc) is 3.52. The van der Waals surface area contributed by atoms with E-state index in [1.165, 1.54) is 47.4 Å². The summed E-state index contributed by atoms with van der Waals surface area (Å²) in [6, 6.07) is 11.2. The molecule has 3 heterocycles. The summed E-state index contributed by atoms with van der Waals surface area (Å²) in [4.78, 5) is 27.1. The van der Waals surface area contributed by atoms with Crippen molar-refractivity contribution in [2.75, 3.05) is 16.0 Å². The fraction of sp³-hybridized carbons (Fsp3) is 0.240. The number of aromatic nitrogens is 2. The van der Waals surface area contributed by atoms with E-state index in [1.807, 2.05) is 0 Å². The summed E-state index contributed by atoms with van der Waals surface area (Å²) in [5, 5.41) is 21.6. The molecule has 37 heavy (non-hydrogen) atoms. The zero-order valence-corrected chi connectivity index (χ0v) is 21.3. The van der Waals surface area contributed by atoms with E-state index in [4.69, 9.17) is 10.2 Å². The summed E-state index contributed by atoms with van der Waals surface area (Å²) in [6.07, 6.45) is 1.61. The minimum Gasteiger partial charge on any atom is -0.465 e. The molecule has 1 atom stereocenters. The largest absolute Gasteiger partial charge is 0.465 e. The number of anilines is 2. The molecule has 1 aromatic carbocycles. The van der Waals surface area contributed by atoms with Crippen LogP contribution in [0.25, 0.3) is 0 Å². The molecule has 12 heteroatoms. The van der Waals surface area contributed by atoms with Crippen LogP contribution in [0.3, 0.4) is 0 Å². The van der Waals surface area contributed by atoms with Gasteiger partial charge in [0.15, 0.2) is 10.1 Å². The van der Waals surface area contributed by atoms with Crippen LogP contribution in [0.1, 0.15) is 36.7 Å². The van der Waals surface area contributed by atoms with Gasteiger partial charge in [-0.2, -0.15) is 5.26 Å². The van der Waals surface area contributed by atoms with Gasteiger partial charge in [0, 0.05) is 23.4 Å². The summed E-state index contributed by atoms with van der Waals surface area (Å²) in [5.74, 6) is 0.0223. The summed E-state index contributed by atoms with van der Waals surface area (Å²) in [6.45, 7) is 1.80. The first kappa shape index (κ1) is 24.7. The third-order valence-electron chi connectivity index (χ3n) is 6.00. The molecule has 0 spiro atoms. The summed E-state index contributed by atoms with van der Waals surface area (Å²) < 4.78 is 19.4. The summed E-state index contributed by atoms with van der Waals surface area (Å²) >= 11 is 2.39. The number of nitrogens with zero attached hydrogens (tertiary/aromatic N) is 4. The molecule has 3 aromatic rings. The number of carbonyl (C=O) groups is 2. The van der Waals surface area contributed by atoms with E-state index in [9.17, 15) is 19.2 Å². The van der Waals surface area contributed by atoms with Crippen LogP contribution < -0.4 is 16.0 Å². The van der Waals surface area contributed by atoms with Crippen LogP contribution >= 0.6 is 23.1 Å². The zero-order chi connectivity index (χ0) is 26.1. The minimum atomic E-state index is -0.672. The fourth-order valence-corrected chi connectivity index (χ4v) is 6.09. The SMILES string of the molecule is Cc1ccc(C2C(C#N)=C(N)N(c3nnc(SCC(=O)Nc4ccc(F)cc4)s3)C3=C2C(=O)CCC3)o1. The second-order valence-electron chi connectivity index (χ2n) is 8.46. The molecule has 2 aliphatic rings. The number of hydrogen-bond donors (Lipinski definition) is 2. The molecule has 3 N–H and O–H groups in total. The Hall–Kier alpha value is -3.95. The van der Waals surface area contributed by atoms with E-state index in [-0.39, 0.29) is 34.7 Å². The molecular formula is C25H21FN6O3S2. The Morgan fingerprint density at radius 1 is 1.30 bits per heavy atom. The number of carbonyl (C=O) groups excluding carboxylic acids is 2. The van der Waals surface area contributed by atoms with Gasteiger partial charge in [0.25, 0.3) is 0 Å². The fourth-order valence-electron chi connectivity index (χ4n) is 4.41. The van der Waals surface area contributed by atoms with Gasteiger partial charge >= 0.3 is 0 Å². The lowest BCUT2D eigenvalue weighted by atomic mass is 9.78. The number of furan rings is 1. The van der Waals surface area contributed by atoms with Crippen molar-refractivity contribution in [2.45, 2.75) is 36.4 Å². The van der Waals surface area contributed by atoms with Crippen molar-refractivity contribution in [3.63, 3.8) is 0 Å². The highest BCUT2D eigenvalue weighted by Gasteiger charge is 2.42. The number of halogens is 1. The molecule has 1 aliphatic carbocycles. The molecule has 0 saturated carbocycles. The number of thioether (sulfide) groups is 1. The molecule has 0 radical (unpaired) electrons. The van der Waals surface area contributed by atoms with E-state index < -0.39 is 5.92 Å². The Bertz CT molecular complexity index is 1480. The van der Waals surface area contributed by atoms with Crippen LogP contribution in [0.2, 0.25) is 0 Å². The molecular weight excluding hydrogens is 515 g/mol. The second-order valence-corrected chi connectivity index (χ2v) is 10.6. The predicted molar refractivity (Wildman–Crippen MR) is 137 cm³/mol. The van der Waals surface area contributed by atoms with Crippen LogP contribution in [0, 0.1) is 24.1 Å². The monoisotopic (exact) mass is 536 g/mol. The molecule has 1 aliphatic heterocycles. The van der Waals surface area contributed by atoms with E-state index in [0.717, 1.165) is 0 Å². The van der Waals surface area contributed by atoms with Crippen LogP contribution in [-0.2, 0) is 9.59 Å². The minimum absolute atomic E-state index is 0.0536. The van der Waals surface area contributed by atoms with Crippen molar-refractivity contribution in [3.05, 3.63) is 76.4 Å². The predicted octanol–water partition coefficient (Wildman–Crippen LogP) is 4.61. The molecule has 9 nitrogen and oxygen atoms in total. The maximum atomic E-state index is 13.1. The zero-order valence-electron chi connectivity index (χ0n) is 19.7. The van der Waals surface area contributed by atoms with Gasteiger partial charge in [-0.1, -0.05) is 23.1 Å². The number of nitrogens with two attached hydrogens (primary N) is 1. The standard InChI is InChI=1S/C25H21FN6O3S2/c1-13-5-10-19(35-13)21-16(11-27)23(28)32(17-3-2-4-18(33)22(17)21)24-30-31-25(37-24)36-12-20(34)29-15-8-6-14(26)7-9-15/h5-10,21H,2-4,12,28H2,1H3,(H,29,34). The quantitative estimate of drug-likeness (QED) is 0.432. The number of nitriles is 1. The smallest absolute Gasteiger partial charge is 0.234 e. The van der Waals surface area contributed by atoms with Crippen LogP contribution in [-0.4, -0.2) is 27.6 Å². The Morgan fingerprint density at radius 2 is 2.08 bits per heavy atom. The first-order valence-corrected chi connectivity index (χ1v) is 13.2. The van der Waals surface area contributed by atoms with Gasteiger partial charge in [-0.3, -0.25) is 14.5 Å². The first-order valence-electron chi connectivity index (χ1n) is 11.4. The second kappa shape index (κ2) is 10.2. The van der Waals surface area contributed by atoms with Gasteiger partial charge < -0.3 is 15.5 Å². The number of amides is 1. The molecule has 1 unspecified atom stereocenters. The number of ketones is 1. The van der Waals surface area contributed by atoms with E-state index in [1.54, 1.807) is 24.0 Å². The molecule has 5 rings (SSSR count). The number of allylic oxidation sites excluding steroid dienone is 3. The van der Waals surface area contributed by atoms with Gasteiger partial charge in [0.05, 0.1) is 23.3 Å². The average molecular weight is 537 g/mol. The van der Waals surface area contributed by atoms with Crippen molar-refractivity contribution in [2.24, 2.45) is 5.73 Å². The highest BCUT2D eigenvalue weighted by molar-refractivity contribution is 8.01. The van der Waals surface area contributed by atoms with Gasteiger partial charge in [-0.25, -0.2) is 4.39 Å². The Labute approximate surface area is 219 Å². The van der Waals surface area contributed by atoms with Gasteiger partial charge in [0.2, 0.25) is 11.0 Å². The number of hydrogen-bond acceptors (Lipinski definition) is 10.